The zero-order valence-corrected chi connectivity index (χ0v) is 14.1. The lowest BCUT2D eigenvalue weighted by atomic mass is 10.1. The first kappa shape index (κ1) is 14.3. The molecule has 2 aromatic heterocycles. The van der Waals surface area contributed by atoms with E-state index in [0.717, 1.165) is 39.8 Å². The maximum Gasteiger partial charge on any atom is 0.263 e. The Labute approximate surface area is 143 Å². The summed E-state index contributed by atoms with van der Waals surface area (Å²) in [6.45, 7) is 5.50. The van der Waals surface area contributed by atoms with Crippen LogP contribution >= 0.6 is 11.3 Å². The van der Waals surface area contributed by atoms with E-state index in [2.05, 4.69) is 25.3 Å². The van der Waals surface area contributed by atoms with Crippen LogP contribution in [0.1, 0.15) is 16.1 Å². The second-order valence-electron chi connectivity index (χ2n) is 6.48. The molecule has 5 rings (SSSR count). The molecule has 1 saturated heterocycles. The van der Waals surface area contributed by atoms with Crippen molar-refractivity contribution in [2.75, 3.05) is 44.2 Å². The average Bonchev–Trinajstić information content (AvgIpc) is 3.17. The van der Waals surface area contributed by atoms with Gasteiger partial charge in [-0.3, -0.25) is 9.89 Å². The minimum Gasteiger partial charge on any atom is -0.488 e. The minimum absolute atomic E-state index is 0.00704. The predicted molar refractivity (Wildman–Crippen MR) is 91.9 cm³/mol. The van der Waals surface area contributed by atoms with Gasteiger partial charge in [0.2, 0.25) is 0 Å². The Morgan fingerprint density at radius 1 is 1.33 bits per heavy atom. The number of nitrogens with one attached hydrogen (secondary N) is 2. The summed E-state index contributed by atoms with van der Waals surface area (Å²) in [6.07, 6.45) is 4.90. The zero-order chi connectivity index (χ0) is 16.1. The fourth-order valence-corrected chi connectivity index (χ4v) is 4.82. The van der Waals surface area contributed by atoms with Crippen molar-refractivity contribution in [3.8, 4) is 16.2 Å². The van der Waals surface area contributed by atoms with E-state index in [1.165, 1.54) is 30.8 Å². The summed E-state index contributed by atoms with van der Waals surface area (Å²) >= 11 is 1.50. The van der Waals surface area contributed by atoms with E-state index < -0.39 is 0 Å². The molecule has 3 aliphatic heterocycles. The number of aromatic amines is 1. The van der Waals surface area contributed by atoms with Gasteiger partial charge in [0.05, 0.1) is 23.7 Å². The SMILES string of the molecule is O=C1NC[C@@H](CN2CCC2)N2CCOc3c(-c4cn[nH]c4)sc1c32. The topological polar surface area (TPSA) is 73.5 Å². The predicted octanol–water partition coefficient (Wildman–Crippen LogP) is 1.15. The highest BCUT2D eigenvalue weighted by atomic mass is 32.1. The number of thiophene rings is 1. The molecular formula is C16H19N5O2S. The van der Waals surface area contributed by atoms with Crippen LogP contribution in [0, 0.1) is 0 Å². The Bertz CT molecular complexity index is 768. The van der Waals surface area contributed by atoms with Gasteiger partial charge in [-0.2, -0.15) is 5.10 Å². The molecule has 2 N–H and O–H groups in total. The molecule has 5 heterocycles. The third-order valence-corrected chi connectivity index (χ3v) is 6.24. The van der Waals surface area contributed by atoms with Crippen LogP contribution in [-0.2, 0) is 0 Å². The van der Waals surface area contributed by atoms with Crippen LogP contribution in [0.4, 0.5) is 5.69 Å². The Balaban J connectivity index is 1.59. The number of aromatic nitrogens is 2. The Kier molecular flexibility index (Phi) is 3.27. The molecular weight excluding hydrogens is 326 g/mol. The normalized spacial score (nSPS) is 23.1. The van der Waals surface area contributed by atoms with E-state index in [9.17, 15) is 4.79 Å². The molecule has 1 fully saturated rings. The minimum atomic E-state index is 0.00704. The first-order chi connectivity index (χ1) is 11.8. The number of carbonyl (C=O) groups excluding carboxylic acids is 1. The third-order valence-electron chi connectivity index (χ3n) is 5.03. The number of nitrogens with zero attached hydrogens (tertiary/aromatic N) is 3. The van der Waals surface area contributed by atoms with Gasteiger partial charge < -0.3 is 19.9 Å². The lowest BCUT2D eigenvalue weighted by molar-refractivity contribution is 0.0954. The van der Waals surface area contributed by atoms with Gasteiger partial charge in [-0.25, -0.2) is 0 Å². The molecule has 24 heavy (non-hydrogen) atoms. The van der Waals surface area contributed by atoms with Crippen LogP contribution in [0.2, 0.25) is 0 Å². The van der Waals surface area contributed by atoms with E-state index in [0.29, 0.717) is 19.2 Å². The van der Waals surface area contributed by atoms with Gasteiger partial charge >= 0.3 is 0 Å². The molecule has 1 atom stereocenters. The summed E-state index contributed by atoms with van der Waals surface area (Å²) in [5.74, 6) is 0.848. The summed E-state index contributed by atoms with van der Waals surface area (Å²) in [6, 6.07) is 0.296. The van der Waals surface area contributed by atoms with Crippen molar-refractivity contribution in [3.05, 3.63) is 17.3 Å². The maximum absolute atomic E-state index is 12.6. The number of amides is 1. The first-order valence-corrected chi connectivity index (χ1v) is 9.19. The molecule has 126 valence electrons. The second-order valence-corrected chi connectivity index (χ2v) is 7.51. The number of anilines is 1. The molecule has 0 spiro atoms. The van der Waals surface area contributed by atoms with Crippen LogP contribution in [0.25, 0.3) is 10.4 Å². The number of H-pyrrole nitrogens is 1. The van der Waals surface area contributed by atoms with Crippen LogP contribution < -0.4 is 15.0 Å². The molecule has 1 amide bonds. The first-order valence-electron chi connectivity index (χ1n) is 8.37. The fourth-order valence-electron chi connectivity index (χ4n) is 3.67. The van der Waals surface area contributed by atoms with Crippen molar-refractivity contribution in [2.45, 2.75) is 12.5 Å². The van der Waals surface area contributed by atoms with Gasteiger partial charge in [0.25, 0.3) is 5.91 Å². The standard InChI is InChI=1S/C16H19N5O2S/c22-16-15-12-13(14(24-15)10-6-18-19-7-10)23-5-4-21(12)11(8-17-16)9-20-2-1-3-20/h6-7,11H,1-5,8-9H2,(H,17,22)(H,18,19)/t11-/m0/s1. The lowest BCUT2D eigenvalue weighted by Crippen LogP contribution is -2.53. The molecule has 0 unspecified atom stereocenters. The van der Waals surface area contributed by atoms with Gasteiger partial charge in [-0.05, 0) is 19.5 Å². The van der Waals surface area contributed by atoms with E-state index in [-0.39, 0.29) is 5.91 Å². The van der Waals surface area contributed by atoms with Crippen LogP contribution in [0.15, 0.2) is 12.4 Å². The number of hydrogen-bond acceptors (Lipinski definition) is 6. The van der Waals surface area contributed by atoms with Crippen molar-refractivity contribution < 1.29 is 9.53 Å². The summed E-state index contributed by atoms with van der Waals surface area (Å²) in [7, 11) is 0. The molecule has 2 aromatic rings. The van der Waals surface area contributed by atoms with Crippen molar-refractivity contribution in [1.82, 2.24) is 20.4 Å². The number of rotatable bonds is 3. The van der Waals surface area contributed by atoms with Gasteiger partial charge in [0.1, 0.15) is 17.2 Å². The molecule has 0 radical (unpaired) electrons. The zero-order valence-electron chi connectivity index (χ0n) is 13.2. The number of carbonyl (C=O) groups is 1. The highest BCUT2D eigenvalue weighted by Gasteiger charge is 2.38. The van der Waals surface area contributed by atoms with E-state index in [1.807, 2.05) is 6.20 Å². The Morgan fingerprint density at radius 3 is 3.00 bits per heavy atom. The van der Waals surface area contributed by atoms with Crippen molar-refractivity contribution >= 4 is 22.9 Å². The molecule has 7 nitrogen and oxygen atoms in total. The highest BCUT2D eigenvalue weighted by Crippen LogP contribution is 2.50. The van der Waals surface area contributed by atoms with Crippen molar-refractivity contribution in [1.29, 1.82) is 0 Å². The largest absolute Gasteiger partial charge is 0.488 e. The van der Waals surface area contributed by atoms with Gasteiger partial charge in [-0.1, -0.05) is 0 Å². The van der Waals surface area contributed by atoms with Gasteiger partial charge in [0, 0.05) is 24.8 Å². The number of ether oxygens (including phenoxy) is 1. The molecule has 0 aromatic carbocycles. The van der Waals surface area contributed by atoms with Crippen LogP contribution in [0.3, 0.4) is 0 Å². The van der Waals surface area contributed by atoms with E-state index in [4.69, 9.17) is 4.74 Å². The smallest absolute Gasteiger partial charge is 0.263 e. The Morgan fingerprint density at radius 2 is 2.25 bits per heavy atom. The molecule has 3 aliphatic rings. The molecule has 0 saturated carbocycles. The summed E-state index contributed by atoms with van der Waals surface area (Å²) in [4.78, 5) is 19.2. The number of hydrogen-bond donors (Lipinski definition) is 2. The quantitative estimate of drug-likeness (QED) is 0.873. The van der Waals surface area contributed by atoms with Crippen molar-refractivity contribution in [3.63, 3.8) is 0 Å². The summed E-state index contributed by atoms with van der Waals surface area (Å²) in [5.41, 5.74) is 1.94. The van der Waals surface area contributed by atoms with Crippen LogP contribution in [-0.4, -0.2) is 66.4 Å². The molecule has 0 bridgehead atoms. The fraction of sp³-hybridized carbons (Fsp3) is 0.500. The average molecular weight is 345 g/mol. The van der Waals surface area contributed by atoms with E-state index >= 15 is 0 Å². The summed E-state index contributed by atoms with van der Waals surface area (Å²) < 4.78 is 6.00. The Hall–Kier alpha value is -2.06. The summed E-state index contributed by atoms with van der Waals surface area (Å²) in [5, 5.41) is 9.98. The molecule has 8 heteroatoms. The lowest BCUT2D eigenvalue weighted by Gasteiger charge is -2.40. The third kappa shape index (κ3) is 2.13. The van der Waals surface area contributed by atoms with Gasteiger partial charge in [0.15, 0.2) is 5.75 Å². The maximum atomic E-state index is 12.6. The second kappa shape index (κ2) is 5.49. The number of likely N-dealkylation sites (tertiary alicyclic amines) is 1. The molecule has 0 aliphatic carbocycles. The van der Waals surface area contributed by atoms with Gasteiger partial charge in [-0.15, -0.1) is 11.3 Å². The highest BCUT2D eigenvalue weighted by molar-refractivity contribution is 7.18. The monoisotopic (exact) mass is 345 g/mol. The van der Waals surface area contributed by atoms with E-state index in [1.54, 1.807) is 6.20 Å². The van der Waals surface area contributed by atoms with Crippen LogP contribution in [0.5, 0.6) is 5.75 Å². The van der Waals surface area contributed by atoms with Crippen molar-refractivity contribution in [2.24, 2.45) is 0 Å².